The van der Waals surface area contributed by atoms with Crippen LogP contribution >= 0.6 is 11.6 Å². The molecule has 5 nitrogen and oxygen atoms in total. The minimum absolute atomic E-state index is 0.211. The molecule has 1 rings (SSSR count). The normalized spacial score (nSPS) is 14.1. The van der Waals surface area contributed by atoms with E-state index in [1.165, 1.54) is 0 Å². The molecule has 0 amide bonds. The van der Waals surface area contributed by atoms with E-state index < -0.39 is 0 Å². The topological polar surface area (TPSA) is 62.7 Å². The van der Waals surface area contributed by atoms with Gasteiger partial charge < -0.3 is 10.6 Å². The van der Waals surface area contributed by atoms with Crippen molar-refractivity contribution in [2.75, 3.05) is 17.2 Å². The minimum Gasteiger partial charge on any atom is -0.354 e. The molecule has 0 fully saturated rings. The second-order valence-corrected chi connectivity index (χ2v) is 4.84. The Hall–Kier alpha value is -1.10. The van der Waals surface area contributed by atoms with Crippen LogP contribution in [0.1, 0.15) is 40.5 Å². The van der Waals surface area contributed by atoms with Gasteiger partial charge in [-0.15, -0.1) is 0 Å². The molecule has 1 heterocycles. The second-order valence-electron chi connectivity index (χ2n) is 4.50. The molecule has 1 aromatic heterocycles. The van der Waals surface area contributed by atoms with Crippen molar-refractivity contribution in [3.8, 4) is 0 Å². The maximum atomic E-state index is 5.88. The summed E-state index contributed by atoms with van der Waals surface area (Å²) in [6, 6.07) is 0.299. The third-order valence-corrected chi connectivity index (χ3v) is 3.16. The fourth-order valence-corrected chi connectivity index (χ4v) is 1.59. The van der Waals surface area contributed by atoms with Crippen LogP contribution in [0.15, 0.2) is 0 Å². The molecule has 0 aromatic carbocycles. The summed E-state index contributed by atoms with van der Waals surface area (Å²) in [6.07, 6.45) is 2.11. The zero-order chi connectivity index (χ0) is 13.5. The molecular formula is C12H22ClN5. The number of halogens is 1. The van der Waals surface area contributed by atoms with Gasteiger partial charge in [-0.05, 0) is 30.9 Å². The summed E-state index contributed by atoms with van der Waals surface area (Å²) < 4.78 is 0. The summed E-state index contributed by atoms with van der Waals surface area (Å²) in [5, 5.41) is 6.58. The van der Waals surface area contributed by atoms with E-state index in [9.17, 15) is 0 Å². The van der Waals surface area contributed by atoms with E-state index in [1.54, 1.807) is 0 Å². The number of nitrogens with zero attached hydrogens (tertiary/aromatic N) is 3. The molecule has 0 radical (unpaired) electrons. The quantitative estimate of drug-likeness (QED) is 0.797. The van der Waals surface area contributed by atoms with Crippen molar-refractivity contribution in [3.63, 3.8) is 0 Å². The Labute approximate surface area is 114 Å². The van der Waals surface area contributed by atoms with E-state index in [-0.39, 0.29) is 5.28 Å². The fourth-order valence-electron chi connectivity index (χ4n) is 1.43. The summed E-state index contributed by atoms with van der Waals surface area (Å²) in [7, 11) is 0. The summed E-state index contributed by atoms with van der Waals surface area (Å²) in [5.41, 5.74) is 0. The van der Waals surface area contributed by atoms with Gasteiger partial charge in [0.2, 0.25) is 17.2 Å². The van der Waals surface area contributed by atoms with Crippen molar-refractivity contribution in [2.24, 2.45) is 5.92 Å². The highest BCUT2D eigenvalue weighted by molar-refractivity contribution is 6.28. The van der Waals surface area contributed by atoms with Crippen LogP contribution in [0.5, 0.6) is 0 Å². The Morgan fingerprint density at radius 1 is 1.11 bits per heavy atom. The molecule has 2 atom stereocenters. The third-order valence-electron chi connectivity index (χ3n) is 3.00. The highest BCUT2D eigenvalue weighted by Crippen LogP contribution is 2.14. The maximum Gasteiger partial charge on any atom is 0.229 e. The molecule has 0 bridgehead atoms. The zero-order valence-corrected chi connectivity index (χ0v) is 12.3. The predicted molar refractivity (Wildman–Crippen MR) is 76.2 cm³/mol. The lowest BCUT2D eigenvalue weighted by atomic mass is 10.0. The zero-order valence-electron chi connectivity index (χ0n) is 11.5. The van der Waals surface area contributed by atoms with E-state index in [4.69, 9.17) is 11.6 Å². The van der Waals surface area contributed by atoms with Gasteiger partial charge in [0.15, 0.2) is 0 Å². The van der Waals surface area contributed by atoms with Gasteiger partial charge in [-0.1, -0.05) is 27.2 Å². The van der Waals surface area contributed by atoms with Crippen LogP contribution in [0.3, 0.4) is 0 Å². The van der Waals surface area contributed by atoms with Crippen molar-refractivity contribution < 1.29 is 0 Å². The first-order valence-electron chi connectivity index (χ1n) is 6.48. The molecule has 0 aliphatic heterocycles. The lowest BCUT2D eigenvalue weighted by Crippen LogP contribution is -2.24. The van der Waals surface area contributed by atoms with Crippen LogP contribution in [0, 0.1) is 5.92 Å². The number of nitrogens with one attached hydrogen (secondary N) is 2. The SMILES string of the molecule is CCCNc1nc(Cl)nc(NC(C)C(C)CC)n1. The Morgan fingerprint density at radius 3 is 2.39 bits per heavy atom. The Kier molecular flexibility index (Phi) is 6.12. The van der Waals surface area contributed by atoms with Crippen molar-refractivity contribution in [1.82, 2.24) is 15.0 Å². The van der Waals surface area contributed by atoms with E-state index in [0.29, 0.717) is 23.9 Å². The monoisotopic (exact) mass is 271 g/mol. The molecule has 102 valence electrons. The number of hydrogen-bond donors (Lipinski definition) is 2. The number of aromatic nitrogens is 3. The molecule has 0 spiro atoms. The van der Waals surface area contributed by atoms with Gasteiger partial charge in [0.25, 0.3) is 0 Å². The first-order valence-corrected chi connectivity index (χ1v) is 6.86. The van der Waals surface area contributed by atoms with E-state index >= 15 is 0 Å². The molecule has 0 saturated carbocycles. The van der Waals surface area contributed by atoms with E-state index in [1.807, 2.05) is 0 Å². The van der Waals surface area contributed by atoms with Crippen molar-refractivity contribution in [3.05, 3.63) is 5.28 Å². The van der Waals surface area contributed by atoms with Gasteiger partial charge in [0, 0.05) is 12.6 Å². The van der Waals surface area contributed by atoms with Gasteiger partial charge in [-0.3, -0.25) is 0 Å². The summed E-state index contributed by atoms with van der Waals surface area (Å²) in [4.78, 5) is 12.4. The lowest BCUT2D eigenvalue weighted by Gasteiger charge is -2.19. The van der Waals surface area contributed by atoms with Crippen LogP contribution < -0.4 is 10.6 Å². The van der Waals surface area contributed by atoms with Gasteiger partial charge in [0.05, 0.1) is 0 Å². The Morgan fingerprint density at radius 2 is 1.78 bits per heavy atom. The Balaban J connectivity index is 2.73. The minimum atomic E-state index is 0.211. The van der Waals surface area contributed by atoms with Crippen LogP contribution in [0.25, 0.3) is 0 Å². The molecule has 1 aromatic rings. The van der Waals surface area contributed by atoms with E-state index in [2.05, 4.69) is 53.3 Å². The molecule has 2 unspecified atom stereocenters. The van der Waals surface area contributed by atoms with E-state index in [0.717, 1.165) is 19.4 Å². The first-order chi connectivity index (χ1) is 8.56. The molecule has 18 heavy (non-hydrogen) atoms. The highest BCUT2D eigenvalue weighted by atomic mass is 35.5. The van der Waals surface area contributed by atoms with Crippen molar-refractivity contribution >= 4 is 23.5 Å². The highest BCUT2D eigenvalue weighted by Gasteiger charge is 2.12. The van der Waals surface area contributed by atoms with Crippen molar-refractivity contribution in [1.29, 1.82) is 0 Å². The smallest absolute Gasteiger partial charge is 0.229 e. The molecular weight excluding hydrogens is 250 g/mol. The number of rotatable bonds is 7. The molecule has 6 heteroatoms. The van der Waals surface area contributed by atoms with Crippen molar-refractivity contribution in [2.45, 2.75) is 46.6 Å². The number of anilines is 2. The third kappa shape index (κ3) is 4.64. The van der Waals surface area contributed by atoms with Gasteiger partial charge in [-0.25, -0.2) is 0 Å². The van der Waals surface area contributed by atoms with Crippen LogP contribution in [0.2, 0.25) is 5.28 Å². The summed E-state index contributed by atoms with van der Waals surface area (Å²) in [6.45, 7) is 9.37. The molecule has 0 aliphatic carbocycles. The molecule has 0 aliphatic rings. The largest absolute Gasteiger partial charge is 0.354 e. The summed E-state index contributed by atoms with van der Waals surface area (Å²) in [5.74, 6) is 1.60. The lowest BCUT2D eigenvalue weighted by molar-refractivity contribution is 0.492. The van der Waals surface area contributed by atoms with Gasteiger partial charge in [0.1, 0.15) is 0 Å². The number of hydrogen-bond acceptors (Lipinski definition) is 5. The second kappa shape index (κ2) is 7.36. The van der Waals surface area contributed by atoms with Gasteiger partial charge >= 0.3 is 0 Å². The average Bonchev–Trinajstić information content (AvgIpc) is 2.34. The average molecular weight is 272 g/mol. The summed E-state index contributed by atoms with van der Waals surface area (Å²) >= 11 is 5.88. The predicted octanol–water partition coefficient (Wildman–Crippen LogP) is 3.19. The molecule has 0 saturated heterocycles. The first kappa shape index (κ1) is 15.0. The Bertz CT molecular complexity index is 371. The van der Waals surface area contributed by atoms with Crippen LogP contribution in [0.4, 0.5) is 11.9 Å². The molecule has 2 N–H and O–H groups in total. The fraction of sp³-hybridized carbons (Fsp3) is 0.750. The van der Waals surface area contributed by atoms with Gasteiger partial charge in [-0.2, -0.15) is 15.0 Å². The van der Waals surface area contributed by atoms with Crippen LogP contribution in [-0.2, 0) is 0 Å². The maximum absolute atomic E-state index is 5.88. The van der Waals surface area contributed by atoms with Crippen LogP contribution in [-0.4, -0.2) is 27.5 Å². The standard InChI is InChI=1S/C12H22ClN5/c1-5-7-14-11-16-10(13)17-12(18-11)15-9(4)8(3)6-2/h8-9H,5-7H2,1-4H3,(H2,14,15,16,17,18).